The summed E-state index contributed by atoms with van der Waals surface area (Å²) in [6.07, 6.45) is -0.134. The van der Waals surface area contributed by atoms with Crippen molar-refractivity contribution in [2.45, 2.75) is 23.3 Å². The molecule has 2 N–H and O–H groups in total. The summed E-state index contributed by atoms with van der Waals surface area (Å²) in [7, 11) is -2.56. The van der Waals surface area contributed by atoms with Crippen molar-refractivity contribution in [2.75, 3.05) is 26.8 Å². The number of carbonyl (C=O) groups is 2. The molecule has 1 heterocycles. The van der Waals surface area contributed by atoms with Crippen LogP contribution in [0.5, 0.6) is 11.5 Å². The van der Waals surface area contributed by atoms with Crippen LogP contribution in [0.3, 0.4) is 0 Å². The van der Waals surface area contributed by atoms with E-state index < -0.39 is 21.5 Å². The number of methoxy groups -OCH3 is 1. The lowest BCUT2D eigenvalue weighted by Gasteiger charge is -2.39. The van der Waals surface area contributed by atoms with E-state index in [1.165, 1.54) is 17.0 Å². The normalized spacial score (nSPS) is 15.1. The van der Waals surface area contributed by atoms with Crippen LogP contribution in [0.25, 0.3) is 11.1 Å². The molecule has 0 spiro atoms. The Bertz CT molecular complexity index is 1330. The van der Waals surface area contributed by atoms with E-state index in [9.17, 15) is 23.1 Å². The predicted molar refractivity (Wildman–Crippen MR) is 137 cm³/mol. The largest absolute Gasteiger partial charge is 0.497 e. The Morgan fingerprint density at radius 2 is 1.46 bits per heavy atom. The molecule has 0 radical (unpaired) electrons. The number of nitrogens with zero attached hydrogens (tertiary/aromatic N) is 1. The van der Waals surface area contributed by atoms with E-state index in [-0.39, 0.29) is 43.3 Å². The van der Waals surface area contributed by atoms with Crippen LogP contribution >= 0.6 is 0 Å². The summed E-state index contributed by atoms with van der Waals surface area (Å²) < 4.78 is 39.3. The molecule has 3 aromatic carbocycles. The zero-order valence-electron chi connectivity index (χ0n) is 20.3. The number of ether oxygens (including phenoxy) is 2. The van der Waals surface area contributed by atoms with Gasteiger partial charge in [-0.1, -0.05) is 42.5 Å². The van der Waals surface area contributed by atoms with Crippen molar-refractivity contribution in [1.29, 1.82) is 0 Å². The van der Waals surface area contributed by atoms with Gasteiger partial charge >= 0.3 is 5.97 Å². The number of carboxylic acids is 1. The first kappa shape index (κ1) is 26.2. The molecule has 1 aliphatic rings. The van der Waals surface area contributed by atoms with E-state index in [1.54, 1.807) is 43.5 Å². The van der Waals surface area contributed by atoms with Gasteiger partial charge in [0.05, 0.1) is 12.0 Å². The molecule has 0 aromatic heterocycles. The maximum Gasteiger partial charge on any atom is 0.325 e. The number of sulfonamides is 1. The third kappa shape index (κ3) is 6.10. The molecular weight excluding hydrogens is 496 g/mol. The molecule has 0 saturated carbocycles. The van der Waals surface area contributed by atoms with Gasteiger partial charge in [0.25, 0.3) is 5.91 Å². The number of carboxylic acid groups (broad SMARTS) is 1. The van der Waals surface area contributed by atoms with E-state index in [0.29, 0.717) is 11.5 Å². The monoisotopic (exact) mass is 524 g/mol. The zero-order chi connectivity index (χ0) is 26.5. The summed E-state index contributed by atoms with van der Waals surface area (Å²) in [6.45, 7) is -0.0131. The number of amides is 1. The molecule has 10 heteroatoms. The smallest absolute Gasteiger partial charge is 0.325 e. The van der Waals surface area contributed by atoms with Gasteiger partial charge in [-0.2, -0.15) is 4.72 Å². The number of carbonyl (C=O) groups excluding carboxylic acids is 1. The van der Waals surface area contributed by atoms with Gasteiger partial charge in [0.1, 0.15) is 17.0 Å². The minimum absolute atomic E-state index is 0.0415. The third-order valence-corrected chi connectivity index (χ3v) is 7.95. The number of nitrogens with one attached hydrogen (secondary N) is 1. The van der Waals surface area contributed by atoms with Gasteiger partial charge in [-0.25, -0.2) is 8.42 Å². The maximum atomic E-state index is 13.1. The molecule has 1 saturated heterocycles. The lowest BCUT2D eigenvalue weighted by Crippen LogP contribution is -2.60. The molecule has 0 aliphatic carbocycles. The summed E-state index contributed by atoms with van der Waals surface area (Å²) in [5.41, 5.74) is -0.0306. The fraction of sp³-hybridized carbons (Fsp3) is 0.259. The number of aliphatic carboxylic acids is 1. The third-order valence-electron chi connectivity index (χ3n) is 6.40. The molecule has 37 heavy (non-hydrogen) atoms. The van der Waals surface area contributed by atoms with E-state index in [1.807, 2.05) is 30.3 Å². The Balaban J connectivity index is 1.41. The summed E-state index contributed by atoms with van der Waals surface area (Å²) in [5, 5.41) is 9.95. The Hall–Kier alpha value is -3.89. The summed E-state index contributed by atoms with van der Waals surface area (Å²) in [5.74, 6) is -0.306. The number of likely N-dealkylation sites (tertiary alicyclic amines) is 1. The lowest BCUT2D eigenvalue weighted by molar-refractivity contribution is -0.148. The van der Waals surface area contributed by atoms with Crippen molar-refractivity contribution in [3.05, 3.63) is 78.9 Å². The Kier molecular flexibility index (Phi) is 7.80. The van der Waals surface area contributed by atoms with E-state index in [2.05, 4.69) is 4.72 Å². The molecule has 1 fully saturated rings. The second-order valence-corrected chi connectivity index (χ2v) is 10.4. The van der Waals surface area contributed by atoms with Crippen molar-refractivity contribution < 1.29 is 32.6 Å². The first-order chi connectivity index (χ1) is 17.7. The highest BCUT2D eigenvalue weighted by Crippen LogP contribution is 2.28. The van der Waals surface area contributed by atoms with Gasteiger partial charge < -0.3 is 19.5 Å². The second kappa shape index (κ2) is 11.0. The molecule has 9 nitrogen and oxygen atoms in total. The van der Waals surface area contributed by atoms with Crippen LogP contribution < -0.4 is 14.2 Å². The van der Waals surface area contributed by atoms with E-state index in [0.717, 1.165) is 11.1 Å². The molecule has 0 atom stereocenters. The Morgan fingerprint density at radius 1 is 0.892 bits per heavy atom. The van der Waals surface area contributed by atoms with Crippen LogP contribution in [0.2, 0.25) is 0 Å². The Morgan fingerprint density at radius 3 is 2.00 bits per heavy atom. The molecule has 4 rings (SSSR count). The first-order valence-electron chi connectivity index (χ1n) is 11.7. The standard InChI is InChI=1S/C27H28N2O7S/c1-35-22-11-7-20(8-12-22)21-9-13-24(14-10-21)37(33,34)28-27(26(31)32)15-17-29(18-16-27)25(30)19-36-23-5-3-2-4-6-23/h2-14,28H,15-19H2,1H3,(H,31,32). The molecule has 0 unspecified atom stereocenters. The van der Waals surface area contributed by atoms with Crippen molar-refractivity contribution in [2.24, 2.45) is 0 Å². The first-order valence-corrected chi connectivity index (χ1v) is 13.2. The fourth-order valence-corrected chi connectivity index (χ4v) is 5.59. The minimum atomic E-state index is -4.14. The number of para-hydroxylation sites is 1. The fourth-order valence-electron chi connectivity index (χ4n) is 4.18. The van der Waals surface area contributed by atoms with Crippen LogP contribution in [-0.2, 0) is 19.6 Å². The van der Waals surface area contributed by atoms with Gasteiger partial charge in [0.2, 0.25) is 10.0 Å². The number of piperidine rings is 1. The van der Waals surface area contributed by atoms with Crippen molar-refractivity contribution >= 4 is 21.9 Å². The highest BCUT2D eigenvalue weighted by molar-refractivity contribution is 7.89. The van der Waals surface area contributed by atoms with Gasteiger partial charge in [0.15, 0.2) is 6.61 Å². The van der Waals surface area contributed by atoms with Crippen LogP contribution in [0.1, 0.15) is 12.8 Å². The number of rotatable bonds is 9. The SMILES string of the molecule is COc1ccc(-c2ccc(S(=O)(=O)NC3(C(=O)O)CCN(C(=O)COc4ccccc4)CC3)cc2)cc1. The quantitative estimate of drug-likeness (QED) is 0.441. The van der Waals surface area contributed by atoms with Crippen LogP contribution in [0.4, 0.5) is 0 Å². The Labute approximate surface area is 215 Å². The van der Waals surface area contributed by atoms with Crippen molar-refractivity contribution in [3.63, 3.8) is 0 Å². The average molecular weight is 525 g/mol. The number of hydrogen-bond acceptors (Lipinski definition) is 6. The lowest BCUT2D eigenvalue weighted by atomic mass is 9.89. The molecule has 1 amide bonds. The van der Waals surface area contributed by atoms with Crippen molar-refractivity contribution in [3.8, 4) is 22.6 Å². The maximum absolute atomic E-state index is 13.1. The number of hydrogen-bond donors (Lipinski definition) is 2. The topological polar surface area (TPSA) is 122 Å². The zero-order valence-corrected chi connectivity index (χ0v) is 21.1. The van der Waals surface area contributed by atoms with Crippen molar-refractivity contribution in [1.82, 2.24) is 9.62 Å². The average Bonchev–Trinajstić information content (AvgIpc) is 2.92. The highest BCUT2D eigenvalue weighted by atomic mass is 32.2. The van der Waals surface area contributed by atoms with E-state index in [4.69, 9.17) is 9.47 Å². The molecule has 1 aliphatic heterocycles. The summed E-state index contributed by atoms with van der Waals surface area (Å²) in [4.78, 5) is 26.2. The van der Waals surface area contributed by atoms with Gasteiger partial charge in [-0.05, 0) is 60.4 Å². The van der Waals surface area contributed by atoms with Gasteiger partial charge in [0, 0.05) is 13.1 Å². The molecule has 0 bridgehead atoms. The highest BCUT2D eigenvalue weighted by Gasteiger charge is 2.45. The molecule has 194 valence electrons. The van der Waals surface area contributed by atoms with Crippen LogP contribution in [-0.4, -0.2) is 62.6 Å². The minimum Gasteiger partial charge on any atom is -0.497 e. The van der Waals surface area contributed by atoms with Gasteiger partial charge in [-0.15, -0.1) is 0 Å². The second-order valence-electron chi connectivity index (χ2n) is 8.73. The molecular formula is C27H28N2O7S. The van der Waals surface area contributed by atoms with Gasteiger partial charge in [-0.3, -0.25) is 9.59 Å². The van der Waals surface area contributed by atoms with Crippen LogP contribution in [0.15, 0.2) is 83.8 Å². The summed E-state index contributed by atoms with van der Waals surface area (Å²) in [6, 6.07) is 22.4. The predicted octanol–water partition coefficient (Wildman–Crippen LogP) is 3.17. The number of benzene rings is 3. The molecule has 3 aromatic rings. The van der Waals surface area contributed by atoms with E-state index >= 15 is 0 Å². The summed E-state index contributed by atoms with van der Waals surface area (Å²) >= 11 is 0. The van der Waals surface area contributed by atoms with Crippen LogP contribution in [0, 0.1) is 0 Å².